The van der Waals surface area contributed by atoms with Gasteiger partial charge in [-0.2, -0.15) is 0 Å². The minimum atomic E-state index is 0.365. The molecule has 23 heavy (non-hydrogen) atoms. The van der Waals surface area contributed by atoms with E-state index >= 15 is 0 Å². The SMILES string of the molecule is CNCC(c1cnc(-c2ccccc2)n1C)N1CCN(C)CC1. The van der Waals surface area contributed by atoms with Crippen molar-refractivity contribution in [2.75, 3.05) is 46.8 Å². The summed E-state index contributed by atoms with van der Waals surface area (Å²) in [5.41, 5.74) is 2.45. The monoisotopic (exact) mass is 313 g/mol. The quantitative estimate of drug-likeness (QED) is 0.909. The molecule has 1 unspecified atom stereocenters. The molecule has 1 aromatic carbocycles. The van der Waals surface area contributed by atoms with Crippen molar-refractivity contribution in [2.45, 2.75) is 6.04 Å². The van der Waals surface area contributed by atoms with Gasteiger partial charge in [-0.05, 0) is 14.1 Å². The molecular weight excluding hydrogens is 286 g/mol. The summed E-state index contributed by atoms with van der Waals surface area (Å²) < 4.78 is 2.25. The standard InChI is InChI=1S/C18H27N5/c1-19-13-17(23-11-9-21(2)10-12-23)16-14-20-18(22(16)3)15-7-5-4-6-8-15/h4-8,14,17,19H,9-13H2,1-3H3. The predicted octanol–water partition coefficient (Wildman–Crippen LogP) is 1.59. The average Bonchev–Trinajstić information content (AvgIpc) is 2.96. The van der Waals surface area contributed by atoms with Crippen LogP contribution in [0.1, 0.15) is 11.7 Å². The second kappa shape index (κ2) is 7.25. The molecule has 0 aliphatic carbocycles. The number of likely N-dealkylation sites (N-methyl/N-ethyl adjacent to an activating group) is 2. The topological polar surface area (TPSA) is 36.3 Å². The summed E-state index contributed by atoms with van der Waals surface area (Å²) in [5, 5.41) is 3.35. The van der Waals surface area contributed by atoms with Gasteiger partial charge in [-0.25, -0.2) is 4.98 Å². The summed E-state index contributed by atoms with van der Waals surface area (Å²) in [5.74, 6) is 1.04. The molecule has 5 heteroatoms. The number of nitrogens with zero attached hydrogens (tertiary/aromatic N) is 4. The zero-order chi connectivity index (χ0) is 16.2. The van der Waals surface area contributed by atoms with Crippen molar-refractivity contribution < 1.29 is 0 Å². The Morgan fingerprint density at radius 1 is 1.09 bits per heavy atom. The number of imidazole rings is 1. The summed E-state index contributed by atoms with van der Waals surface area (Å²) in [6, 6.07) is 10.8. The Morgan fingerprint density at radius 2 is 1.78 bits per heavy atom. The Hall–Kier alpha value is -1.69. The molecule has 1 N–H and O–H groups in total. The summed E-state index contributed by atoms with van der Waals surface area (Å²) in [4.78, 5) is 9.66. The minimum absolute atomic E-state index is 0.365. The second-order valence-corrected chi connectivity index (χ2v) is 6.34. The van der Waals surface area contributed by atoms with Gasteiger partial charge in [0.2, 0.25) is 0 Å². The molecule has 2 heterocycles. The maximum absolute atomic E-state index is 4.70. The van der Waals surface area contributed by atoms with Gasteiger partial charge < -0.3 is 14.8 Å². The van der Waals surface area contributed by atoms with Crippen LogP contribution < -0.4 is 5.32 Å². The highest BCUT2D eigenvalue weighted by Gasteiger charge is 2.26. The van der Waals surface area contributed by atoms with Gasteiger partial charge in [-0.1, -0.05) is 30.3 Å². The Bertz CT molecular complexity index is 614. The molecule has 1 aromatic heterocycles. The van der Waals surface area contributed by atoms with Gasteiger partial charge in [0.15, 0.2) is 0 Å². The summed E-state index contributed by atoms with van der Waals surface area (Å²) >= 11 is 0. The lowest BCUT2D eigenvalue weighted by Gasteiger charge is -2.38. The molecular formula is C18H27N5. The first-order valence-corrected chi connectivity index (χ1v) is 8.35. The van der Waals surface area contributed by atoms with Crippen LogP contribution in [0.15, 0.2) is 36.5 Å². The van der Waals surface area contributed by atoms with Crippen LogP contribution >= 0.6 is 0 Å². The van der Waals surface area contributed by atoms with E-state index in [9.17, 15) is 0 Å². The fraction of sp³-hybridized carbons (Fsp3) is 0.500. The largest absolute Gasteiger partial charge is 0.330 e. The Balaban J connectivity index is 1.87. The lowest BCUT2D eigenvalue weighted by Crippen LogP contribution is -2.48. The van der Waals surface area contributed by atoms with Crippen LogP contribution in [0.4, 0.5) is 0 Å². The van der Waals surface area contributed by atoms with Crippen LogP contribution in [-0.4, -0.2) is 66.2 Å². The summed E-state index contributed by atoms with van der Waals surface area (Å²) in [6.07, 6.45) is 2.04. The molecule has 1 saturated heterocycles. The molecule has 0 radical (unpaired) electrons. The van der Waals surface area contributed by atoms with Gasteiger partial charge >= 0.3 is 0 Å². The number of aromatic nitrogens is 2. The number of nitrogens with one attached hydrogen (secondary N) is 1. The highest BCUT2D eigenvalue weighted by atomic mass is 15.3. The average molecular weight is 313 g/mol. The first kappa shape index (κ1) is 16.2. The van der Waals surface area contributed by atoms with Crippen molar-refractivity contribution in [3.05, 3.63) is 42.2 Å². The third-order valence-corrected chi connectivity index (χ3v) is 4.77. The van der Waals surface area contributed by atoms with E-state index in [0.717, 1.165) is 38.5 Å². The van der Waals surface area contributed by atoms with E-state index < -0.39 is 0 Å². The number of benzene rings is 1. The van der Waals surface area contributed by atoms with E-state index in [-0.39, 0.29) is 0 Å². The zero-order valence-electron chi connectivity index (χ0n) is 14.4. The maximum atomic E-state index is 4.70. The zero-order valence-corrected chi connectivity index (χ0v) is 14.4. The van der Waals surface area contributed by atoms with Gasteiger partial charge in [0.05, 0.1) is 17.9 Å². The molecule has 1 atom stereocenters. The van der Waals surface area contributed by atoms with E-state index in [1.54, 1.807) is 0 Å². The van der Waals surface area contributed by atoms with E-state index in [1.807, 2.05) is 19.3 Å². The van der Waals surface area contributed by atoms with E-state index in [4.69, 9.17) is 4.98 Å². The summed E-state index contributed by atoms with van der Waals surface area (Å²) in [6.45, 7) is 5.41. The molecule has 124 valence electrons. The van der Waals surface area contributed by atoms with Gasteiger partial charge in [-0.3, -0.25) is 4.90 Å². The lowest BCUT2D eigenvalue weighted by molar-refractivity contribution is 0.108. The predicted molar refractivity (Wildman–Crippen MR) is 94.4 cm³/mol. The van der Waals surface area contributed by atoms with Gasteiger partial charge in [0.1, 0.15) is 5.82 Å². The van der Waals surface area contributed by atoms with Crippen LogP contribution in [0, 0.1) is 0 Å². The molecule has 0 amide bonds. The smallest absolute Gasteiger partial charge is 0.139 e. The Morgan fingerprint density at radius 3 is 2.43 bits per heavy atom. The van der Waals surface area contributed by atoms with E-state index in [2.05, 4.69) is 58.0 Å². The first-order valence-electron chi connectivity index (χ1n) is 8.35. The van der Waals surface area contributed by atoms with Gasteiger partial charge in [-0.15, -0.1) is 0 Å². The summed E-state index contributed by atoms with van der Waals surface area (Å²) in [7, 11) is 6.35. The van der Waals surface area contributed by atoms with Crippen molar-refractivity contribution >= 4 is 0 Å². The van der Waals surface area contributed by atoms with Crippen LogP contribution in [0.25, 0.3) is 11.4 Å². The fourth-order valence-corrected chi connectivity index (χ4v) is 3.34. The molecule has 0 spiro atoms. The van der Waals surface area contributed by atoms with Crippen LogP contribution in [0.2, 0.25) is 0 Å². The first-order chi connectivity index (χ1) is 11.2. The van der Waals surface area contributed by atoms with Crippen molar-refractivity contribution in [1.82, 2.24) is 24.7 Å². The molecule has 1 aliphatic rings. The number of rotatable bonds is 5. The van der Waals surface area contributed by atoms with Gasteiger partial charge in [0.25, 0.3) is 0 Å². The second-order valence-electron chi connectivity index (χ2n) is 6.34. The van der Waals surface area contributed by atoms with E-state index in [1.165, 1.54) is 11.3 Å². The third kappa shape index (κ3) is 3.47. The minimum Gasteiger partial charge on any atom is -0.330 e. The molecule has 5 nitrogen and oxygen atoms in total. The highest BCUT2D eigenvalue weighted by Crippen LogP contribution is 2.26. The molecule has 2 aromatic rings. The number of hydrogen-bond acceptors (Lipinski definition) is 4. The molecule has 3 rings (SSSR count). The van der Waals surface area contributed by atoms with Crippen molar-refractivity contribution in [3.63, 3.8) is 0 Å². The molecule has 1 aliphatic heterocycles. The lowest BCUT2D eigenvalue weighted by atomic mass is 10.1. The fourth-order valence-electron chi connectivity index (χ4n) is 3.34. The number of hydrogen-bond donors (Lipinski definition) is 1. The maximum Gasteiger partial charge on any atom is 0.139 e. The Labute approximate surface area is 138 Å². The Kier molecular flexibility index (Phi) is 5.10. The number of piperazine rings is 1. The third-order valence-electron chi connectivity index (χ3n) is 4.77. The van der Waals surface area contributed by atoms with Crippen LogP contribution in [0.5, 0.6) is 0 Å². The van der Waals surface area contributed by atoms with Crippen molar-refractivity contribution in [3.8, 4) is 11.4 Å². The van der Waals surface area contributed by atoms with Crippen molar-refractivity contribution in [1.29, 1.82) is 0 Å². The molecule has 0 bridgehead atoms. The normalized spacial score (nSPS) is 18.2. The van der Waals surface area contributed by atoms with Crippen molar-refractivity contribution in [2.24, 2.45) is 7.05 Å². The van der Waals surface area contributed by atoms with E-state index in [0.29, 0.717) is 6.04 Å². The van der Waals surface area contributed by atoms with Crippen LogP contribution in [-0.2, 0) is 7.05 Å². The molecule has 0 saturated carbocycles. The highest BCUT2D eigenvalue weighted by molar-refractivity contribution is 5.55. The molecule has 1 fully saturated rings. The van der Waals surface area contributed by atoms with Gasteiger partial charge in [0, 0.05) is 45.3 Å². The van der Waals surface area contributed by atoms with Crippen LogP contribution in [0.3, 0.4) is 0 Å².